The van der Waals surface area contributed by atoms with Crippen molar-refractivity contribution in [2.75, 3.05) is 6.61 Å². The zero-order valence-corrected chi connectivity index (χ0v) is 18.9. The van der Waals surface area contributed by atoms with Crippen molar-refractivity contribution in [3.63, 3.8) is 0 Å². The van der Waals surface area contributed by atoms with Crippen LogP contribution in [-0.4, -0.2) is 26.8 Å². The summed E-state index contributed by atoms with van der Waals surface area (Å²) in [6.45, 7) is 16.0. The monoisotopic (exact) mass is 390 g/mol. The van der Waals surface area contributed by atoms with Gasteiger partial charge in [-0.15, -0.1) is 0 Å². The van der Waals surface area contributed by atoms with Crippen LogP contribution < -0.4 is 0 Å². The number of carbonyl (C=O) groups is 1. The molecule has 1 aromatic carbocycles. The second-order valence-electron chi connectivity index (χ2n) is 7.65. The molecule has 0 spiro atoms. The van der Waals surface area contributed by atoms with Crippen LogP contribution in [0.25, 0.3) is 0 Å². The molecule has 3 nitrogen and oxygen atoms in total. The number of hydrogen-bond acceptors (Lipinski definition) is 3. The van der Waals surface area contributed by atoms with Crippen molar-refractivity contribution in [3.8, 4) is 0 Å². The van der Waals surface area contributed by atoms with Crippen LogP contribution in [0.4, 0.5) is 0 Å². The Morgan fingerprint density at radius 3 is 2.19 bits per heavy atom. The molecular formula is C23H38O3Si. The van der Waals surface area contributed by atoms with Crippen molar-refractivity contribution in [3.05, 3.63) is 48.0 Å². The average Bonchev–Trinajstić information content (AvgIpc) is 2.66. The smallest absolute Gasteiger partial charge is 0.192 e. The highest BCUT2D eigenvalue weighted by Crippen LogP contribution is 2.28. The van der Waals surface area contributed by atoms with E-state index >= 15 is 0 Å². The van der Waals surface area contributed by atoms with Crippen LogP contribution in [0.15, 0.2) is 42.5 Å². The van der Waals surface area contributed by atoms with Crippen LogP contribution in [0, 0.1) is 5.92 Å². The van der Waals surface area contributed by atoms with E-state index in [1.165, 1.54) is 5.56 Å². The van der Waals surface area contributed by atoms with Crippen molar-refractivity contribution in [2.24, 2.45) is 5.92 Å². The standard InChI is InChI=1S/C23H38O3Si/c1-7-27(8-2,9-3)26-23(16-21(6)24)15-19(4)20(5)17-25-18-22-13-11-10-12-14-22/h10-14,20,23H,4,7-9,15-18H2,1-3,5-6H3/t20-,23-/m0/s1. The predicted octanol–water partition coefficient (Wildman–Crippen LogP) is 6.16. The highest BCUT2D eigenvalue weighted by Gasteiger charge is 2.32. The molecule has 0 aliphatic rings. The summed E-state index contributed by atoms with van der Waals surface area (Å²) in [4.78, 5) is 11.8. The van der Waals surface area contributed by atoms with E-state index in [4.69, 9.17) is 9.16 Å². The van der Waals surface area contributed by atoms with E-state index in [1.54, 1.807) is 6.92 Å². The van der Waals surface area contributed by atoms with E-state index in [9.17, 15) is 4.79 Å². The lowest BCUT2D eigenvalue weighted by molar-refractivity contribution is -0.118. The summed E-state index contributed by atoms with van der Waals surface area (Å²) in [6.07, 6.45) is 1.17. The third-order valence-electron chi connectivity index (χ3n) is 5.53. The normalized spacial score (nSPS) is 14.0. The van der Waals surface area contributed by atoms with Gasteiger partial charge < -0.3 is 9.16 Å². The number of ether oxygens (including phenoxy) is 1. The summed E-state index contributed by atoms with van der Waals surface area (Å²) >= 11 is 0. The number of rotatable bonds is 14. The summed E-state index contributed by atoms with van der Waals surface area (Å²) in [5.74, 6) is 0.430. The van der Waals surface area contributed by atoms with E-state index in [1.807, 2.05) is 18.2 Å². The number of carbonyl (C=O) groups excluding carboxylic acids is 1. The van der Waals surface area contributed by atoms with Gasteiger partial charge in [0.1, 0.15) is 5.78 Å². The Morgan fingerprint density at radius 2 is 1.67 bits per heavy atom. The summed E-state index contributed by atoms with van der Waals surface area (Å²) in [6, 6.07) is 13.5. The van der Waals surface area contributed by atoms with Crippen LogP contribution in [0.3, 0.4) is 0 Å². The molecule has 0 aromatic heterocycles. The second-order valence-corrected chi connectivity index (χ2v) is 12.4. The highest BCUT2D eigenvalue weighted by molar-refractivity contribution is 6.73. The van der Waals surface area contributed by atoms with Gasteiger partial charge in [0.2, 0.25) is 0 Å². The third kappa shape index (κ3) is 8.54. The van der Waals surface area contributed by atoms with Gasteiger partial charge in [-0.1, -0.05) is 70.2 Å². The Morgan fingerprint density at radius 1 is 1.07 bits per heavy atom. The van der Waals surface area contributed by atoms with Gasteiger partial charge in [0.25, 0.3) is 0 Å². The first-order valence-corrected chi connectivity index (χ1v) is 12.8. The molecule has 0 radical (unpaired) electrons. The van der Waals surface area contributed by atoms with Crippen molar-refractivity contribution in [1.82, 2.24) is 0 Å². The van der Waals surface area contributed by atoms with E-state index < -0.39 is 8.32 Å². The van der Waals surface area contributed by atoms with Gasteiger partial charge in [0.15, 0.2) is 8.32 Å². The lowest BCUT2D eigenvalue weighted by atomic mass is 9.96. The van der Waals surface area contributed by atoms with Crippen LogP contribution in [0.2, 0.25) is 18.1 Å². The lowest BCUT2D eigenvalue weighted by Crippen LogP contribution is -2.40. The molecule has 0 aliphatic heterocycles. The van der Waals surface area contributed by atoms with Crippen molar-refractivity contribution in [1.29, 1.82) is 0 Å². The topological polar surface area (TPSA) is 35.5 Å². The van der Waals surface area contributed by atoms with Gasteiger partial charge in [0, 0.05) is 12.3 Å². The van der Waals surface area contributed by atoms with E-state index in [0.717, 1.165) is 30.1 Å². The Hall–Kier alpha value is -1.23. The molecule has 0 amide bonds. The fraction of sp³-hybridized carbons (Fsp3) is 0.609. The van der Waals surface area contributed by atoms with Gasteiger partial charge in [-0.05, 0) is 37.0 Å². The van der Waals surface area contributed by atoms with E-state index in [2.05, 4.69) is 46.4 Å². The molecule has 0 unspecified atom stereocenters. The molecule has 1 aromatic rings. The fourth-order valence-electron chi connectivity index (χ4n) is 3.37. The molecule has 4 heteroatoms. The largest absolute Gasteiger partial charge is 0.413 e. The van der Waals surface area contributed by atoms with Gasteiger partial charge >= 0.3 is 0 Å². The van der Waals surface area contributed by atoms with Crippen LogP contribution in [0.1, 0.15) is 53.0 Å². The second kappa shape index (κ2) is 12.3. The van der Waals surface area contributed by atoms with E-state index in [-0.39, 0.29) is 17.8 Å². The van der Waals surface area contributed by atoms with Crippen molar-refractivity contribution >= 4 is 14.1 Å². The summed E-state index contributed by atoms with van der Waals surface area (Å²) in [7, 11) is -1.74. The number of Topliss-reactive ketones (excluding diaryl/α,β-unsaturated/α-hetero) is 1. The SMILES string of the molecule is C=C(C[C@@H](CC(C)=O)O[Si](CC)(CC)CC)[C@@H](C)COCc1ccccc1. The molecule has 1 rings (SSSR count). The average molecular weight is 391 g/mol. The molecule has 152 valence electrons. The molecule has 0 N–H and O–H groups in total. The Bertz CT molecular complexity index is 558. The van der Waals surface area contributed by atoms with Gasteiger partial charge in [0.05, 0.1) is 19.3 Å². The molecule has 2 atom stereocenters. The molecule has 0 fully saturated rings. The number of benzene rings is 1. The number of ketones is 1. The summed E-state index contributed by atoms with van der Waals surface area (Å²) < 4.78 is 12.5. The zero-order valence-electron chi connectivity index (χ0n) is 17.9. The molecule has 0 heterocycles. The fourth-order valence-corrected chi connectivity index (χ4v) is 6.24. The maximum Gasteiger partial charge on any atom is 0.192 e. The van der Waals surface area contributed by atoms with Crippen LogP contribution in [-0.2, 0) is 20.6 Å². The first-order valence-electron chi connectivity index (χ1n) is 10.3. The molecule has 0 bridgehead atoms. The van der Waals surface area contributed by atoms with Crippen LogP contribution in [0.5, 0.6) is 0 Å². The van der Waals surface area contributed by atoms with Gasteiger partial charge in [-0.2, -0.15) is 0 Å². The van der Waals surface area contributed by atoms with Crippen molar-refractivity contribution in [2.45, 2.75) is 78.3 Å². The molecule has 0 saturated heterocycles. The minimum Gasteiger partial charge on any atom is -0.413 e. The molecule has 27 heavy (non-hydrogen) atoms. The van der Waals surface area contributed by atoms with Gasteiger partial charge in [-0.25, -0.2) is 0 Å². The minimum atomic E-state index is -1.74. The Labute approximate surface area is 167 Å². The first kappa shape index (κ1) is 23.8. The predicted molar refractivity (Wildman–Crippen MR) is 116 cm³/mol. The Kier molecular flexibility index (Phi) is 10.8. The maximum absolute atomic E-state index is 11.8. The van der Waals surface area contributed by atoms with Gasteiger partial charge in [-0.3, -0.25) is 4.79 Å². The minimum absolute atomic E-state index is 0.0434. The first-order chi connectivity index (χ1) is 12.9. The summed E-state index contributed by atoms with van der Waals surface area (Å²) in [5, 5.41) is 0. The maximum atomic E-state index is 11.8. The highest BCUT2D eigenvalue weighted by atomic mass is 28.4. The number of hydrogen-bond donors (Lipinski definition) is 0. The van der Waals surface area contributed by atoms with E-state index in [0.29, 0.717) is 19.6 Å². The van der Waals surface area contributed by atoms with Crippen molar-refractivity contribution < 1.29 is 14.0 Å². The zero-order chi connectivity index (χ0) is 20.3. The Balaban J connectivity index is 2.59. The molecular weight excluding hydrogens is 352 g/mol. The lowest BCUT2D eigenvalue weighted by Gasteiger charge is -2.34. The summed E-state index contributed by atoms with van der Waals surface area (Å²) in [5.41, 5.74) is 2.29. The molecule has 0 aliphatic carbocycles. The van der Waals surface area contributed by atoms with Crippen LogP contribution >= 0.6 is 0 Å². The third-order valence-corrected chi connectivity index (χ3v) is 10.2. The molecule has 0 saturated carbocycles. The quantitative estimate of drug-likeness (QED) is 0.282.